The molecule has 1 aliphatic heterocycles. The van der Waals surface area contributed by atoms with Crippen LogP contribution in [0.2, 0.25) is 0 Å². The minimum atomic E-state index is -0.520. The van der Waals surface area contributed by atoms with Crippen LogP contribution < -0.4 is 10.6 Å². The number of nitrogens with one attached hydrogen (secondary N) is 2. The van der Waals surface area contributed by atoms with Crippen molar-refractivity contribution in [3.05, 3.63) is 53.2 Å². The summed E-state index contributed by atoms with van der Waals surface area (Å²) in [5, 5.41) is 14.1. The number of hydrogen-bond acceptors (Lipinski definition) is 4. The fourth-order valence-corrected chi connectivity index (χ4v) is 2.72. The number of amides is 1. The van der Waals surface area contributed by atoms with E-state index < -0.39 is 11.6 Å². The molecule has 0 saturated carbocycles. The van der Waals surface area contributed by atoms with Crippen LogP contribution >= 0.6 is 0 Å². The second-order valence-electron chi connectivity index (χ2n) is 5.78. The van der Waals surface area contributed by atoms with E-state index >= 15 is 0 Å². The Morgan fingerprint density at radius 3 is 2.83 bits per heavy atom. The third kappa shape index (κ3) is 4.11. The van der Waals surface area contributed by atoms with Crippen molar-refractivity contribution in [2.24, 2.45) is 0 Å². The number of carbonyl (C=O) groups excluding carboxylic acids is 1. The monoisotopic (exact) mass is 332 g/mol. The summed E-state index contributed by atoms with van der Waals surface area (Å²) in [5.74, 6) is -1.01. The minimum Gasteiger partial charge on any atom is -0.309 e. The summed E-state index contributed by atoms with van der Waals surface area (Å²) < 4.78 is 26.6. The summed E-state index contributed by atoms with van der Waals surface area (Å²) in [5.41, 5.74) is 1.03. The number of rotatable bonds is 5. The van der Waals surface area contributed by atoms with Crippen molar-refractivity contribution in [2.45, 2.75) is 31.7 Å². The molecule has 5 nitrogen and oxygen atoms in total. The van der Waals surface area contributed by atoms with Crippen LogP contribution in [0.15, 0.2) is 30.3 Å². The molecule has 24 heavy (non-hydrogen) atoms. The standard InChI is InChI=1S/C17H18F2N4O/c18-12-4-5-13(19)11(10-12)3-8-17(24)21-16-7-6-15(22-23-16)14-2-1-9-20-14/h4-7,10,14,20H,1-3,8-9H2,(H,21,23,24). The second-order valence-corrected chi connectivity index (χ2v) is 5.78. The van der Waals surface area contributed by atoms with Crippen molar-refractivity contribution < 1.29 is 13.6 Å². The third-order valence-electron chi connectivity index (χ3n) is 4.00. The summed E-state index contributed by atoms with van der Waals surface area (Å²) in [7, 11) is 0. The highest BCUT2D eigenvalue weighted by Crippen LogP contribution is 2.21. The highest BCUT2D eigenvalue weighted by Gasteiger charge is 2.17. The molecule has 1 amide bonds. The molecule has 1 fully saturated rings. The van der Waals surface area contributed by atoms with Gasteiger partial charge >= 0.3 is 0 Å². The lowest BCUT2D eigenvalue weighted by atomic mass is 10.1. The molecule has 0 bridgehead atoms. The van der Waals surface area contributed by atoms with Gasteiger partial charge in [-0.25, -0.2) is 8.78 Å². The van der Waals surface area contributed by atoms with Crippen molar-refractivity contribution in [2.75, 3.05) is 11.9 Å². The van der Waals surface area contributed by atoms with E-state index in [1.807, 2.05) is 6.07 Å². The van der Waals surface area contributed by atoms with Gasteiger partial charge in [-0.05, 0) is 61.7 Å². The Bertz CT molecular complexity index is 715. The molecule has 7 heteroatoms. The average molecular weight is 332 g/mol. The molecule has 0 aliphatic carbocycles. The topological polar surface area (TPSA) is 66.9 Å². The quantitative estimate of drug-likeness (QED) is 0.883. The maximum atomic E-state index is 13.5. The Balaban J connectivity index is 1.53. The summed E-state index contributed by atoms with van der Waals surface area (Å²) >= 11 is 0. The number of hydrogen-bond donors (Lipinski definition) is 2. The van der Waals surface area contributed by atoms with Gasteiger partial charge in [0.15, 0.2) is 5.82 Å². The Labute approximate surface area is 138 Å². The Kier molecular flexibility index (Phi) is 5.10. The van der Waals surface area contributed by atoms with Gasteiger partial charge in [-0.2, -0.15) is 5.10 Å². The molecular formula is C17H18F2N4O. The number of aromatic nitrogens is 2. The molecule has 2 heterocycles. The van der Waals surface area contributed by atoms with Crippen LogP contribution in [0, 0.1) is 11.6 Å². The van der Waals surface area contributed by atoms with Crippen molar-refractivity contribution in [1.29, 1.82) is 0 Å². The number of halogens is 2. The zero-order valence-corrected chi connectivity index (χ0v) is 13.1. The van der Waals surface area contributed by atoms with Crippen molar-refractivity contribution in [1.82, 2.24) is 15.5 Å². The van der Waals surface area contributed by atoms with Gasteiger partial charge in [-0.15, -0.1) is 5.10 Å². The molecule has 1 unspecified atom stereocenters. The third-order valence-corrected chi connectivity index (χ3v) is 4.00. The van der Waals surface area contributed by atoms with E-state index in [0.29, 0.717) is 5.82 Å². The molecule has 1 aliphatic rings. The van der Waals surface area contributed by atoms with Gasteiger partial charge in [0.05, 0.1) is 11.7 Å². The van der Waals surface area contributed by atoms with Gasteiger partial charge in [0.1, 0.15) is 11.6 Å². The zero-order chi connectivity index (χ0) is 16.9. The summed E-state index contributed by atoms with van der Waals surface area (Å²) in [6, 6.07) is 6.96. The van der Waals surface area contributed by atoms with E-state index in [9.17, 15) is 13.6 Å². The molecule has 1 saturated heterocycles. The molecule has 2 N–H and O–H groups in total. The summed E-state index contributed by atoms with van der Waals surface area (Å²) in [6.45, 7) is 0.974. The molecule has 1 atom stereocenters. The summed E-state index contributed by atoms with van der Waals surface area (Å²) in [4.78, 5) is 11.9. The number of benzene rings is 1. The van der Waals surface area contributed by atoms with Gasteiger partial charge in [-0.3, -0.25) is 4.79 Å². The van der Waals surface area contributed by atoms with Crippen LogP contribution in [0.25, 0.3) is 0 Å². The van der Waals surface area contributed by atoms with Gasteiger partial charge < -0.3 is 10.6 Å². The first-order valence-corrected chi connectivity index (χ1v) is 7.92. The zero-order valence-electron chi connectivity index (χ0n) is 13.1. The maximum Gasteiger partial charge on any atom is 0.225 e. The molecule has 126 valence electrons. The maximum absolute atomic E-state index is 13.5. The predicted octanol–water partition coefficient (Wildman–Crippen LogP) is 2.75. The fourth-order valence-electron chi connectivity index (χ4n) is 2.72. The summed E-state index contributed by atoms with van der Waals surface area (Å²) in [6.07, 6.45) is 2.29. The number of anilines is 1. The Morgan fingerprint density at radius 2 is 2.12 bits per heavy atom. The first kappa shape index (κ1) is 16.4. The van der Waals surface area contributed by atoms with E-state index in [4.69, 9.17) is 0 Å². The lowest BCUT2D eigenvalue weighted by molar-refractivity contribution is -0.116. The van der Waals surface area contributed by atoms with Crippen LogP contribution in [0.4, 0.5) is 14.6 Å². The van der Waals surface area contributed by atoms with Crippen LogP contribution in [0.1, 0.15) is 36.6 Å². The highest BCUT2D eigenvalue weighted by atomic mass is 19.1. The van der Waals surface area contributed by atoms with Crippen molar-refractivity contribution >= 4 is 11.7 Å². The lowest BCUT2D eigenvalue weighted by Gasteiger charge is -2.09. The van der Waals surface area contributed by atoms with Crippen molar-refractivity contribution in [3.8, 4) is 0 Å². The molecule has 0 radical (unpaired) electrons. The Morgan fingerprint density at radius 1 is 1.25 bits per heavy atom. The Hall–Kier alpha value is -2.41. The average Bonchev–Trinajstić information content (AvgIpc) is 3.11. The second kappa shape index (κ2) is 7.44. The minimum absolute atomic E-state index is 0.0357. The lowest BCUT2D eigenvalue weighted by Crippen LogP contribution is -2.17. The van der Waals surface area contributed by atoms with E-state index in [1.165, 1.54) is 0 Å². The molecule has 0 spiro atoms. The van der Waals surface area contributed by atoms with E-state index in [1.54, 1.807) is 6.07 Å². The fraction of sp³-hybridized carbons (Fsp3) is 0.353. The first-order chi connectivity index (χ1) is 11.6. The number of nitrogens with zero attached hydrogens (tertiary/aromatic N) is 2. The van der Waals surface area contributed by atoms with Gasteiger partial charge in [-0.1, -0.05) is 0 Å². The first-order valence-electron chi connectivity index (χ1n) is 7.92. The molecule has 3 rings (SSSR count). The van der Waals surface area contributed by atoms with Crippen LogP contribution in [-0.2, 0) is 11.2 Å². The van der Waals surface area contributed by atoms with Gasteiger partial charge in [0, 0.05) is 6.42 Å². The van der Waals surface area contributed by atoms with Crippen LogP contribution in [0.3, 0.4) is 0 Å². The number of aryl methyl sites for hydroxylation is 1. The largest absolute Gasteiger partial charge is 0.309 e. The smallest absolute Gasteiger partial charge is 0.225 e. The van der Waals surface area contributed by atoms with Crippen molar-refractivity contribution in [3.63, 3.8) is 0 Å². The SMILES string of the molecule is O=C(CCc1cc(F)ccc1F)Nc1ccc(C2CCCN2)nn1. The molecular weight excluding hydrogens is 314 g/mol. The number of carbonyl (C=O) groups is 1. The van der Waals surface area contributed by atoms with Gasteiger partial charge in [0.2, 0.25) is 5.91 Å². The predicted molar refractivity (Wildman–Crippen MR) is 85.3 cm³/mol. The molecule has 1 aromatic heterocycles. The van der Waals surface area contributed by atoms with E-state index in [-0.39, 0.29) is 30.4 Å². The molecule has 2 aromatic rings. The highest BCUT2D eigenvalue weighted by molar-refractivity contribution is 5.89. The van der Waals surface area contributed by atoms with Crippen LogP contribution in [0.5, 0.6) is 0 Å². The molecule has 1 aromatic carbocycles. The van der Waals surface area contributed by atoms with E-state index in [2.05, 4.69) is 20.8 Å². The normalized spacial score (nSPS) is 17.0. The van der Waals surface area contributed by atoms with Crippen LogP contribution in [-0.4, -0.2) is 22.6 Å². The van der Waals surface area contributed by atoms with Gasteiger partial charge in [0.25, 0.3) is 0 Å². The van der Waals surface area contributed by atoms with E-state index in [0.717, 1.165) is 43.3 Å².